The molecule has 3 aromatic rings. The average molecular weight is 366 g/mol. The summed E-state index contributed by atoms with van der Waals surface area (Å²) in [5, 5.41) is 15.6. The first-order valence-corrected chi connectivity index (χ1v) is 9.96. The van der Waals surface area contributed by atoms with Gasteiger partial charge in [0.05, 0.1) is 0 Å². The summed E-state index contributed by atoms with van der Waals surface area (Å²) in [6, 6.07) is 26.6. The van der Waals surface area contributed by atoms with Crippen molar-refractivity contribution < 1.29 is 9.49 Å². The Morgan fingerprint density at radius 3 is 1.65 bits per heavy atom. The molecule has 3 rings (SSSR count). The fraction of sp³-hybridized carbons (Fsp3) is 0.100. The Hall–Kier alpha value is -2.75. The van der Waals surface area contributed by atoms with Gasteiger partial charge < -0.3 is 0 Å². The lowest BCUT2D eigenvalue weighted by atomic mass is 10.1. The van der Waals surface area contributed by atoms with Crippen molar-refractivity contribution in [3.05, 3.63) is 107 Å². The Kier molecular flexibility index (Phi) is 5.61. The van der Waals surface area contributed by atoms with Crippen molar-refractivity contribution in [2.75, 3.05) is 6.54 Å². The van der Waals surface area contributed by atoms with Crippen molar-refractivity contribution in [1.82, 2.24) is 5.09 Å². The van der Waals surface area contributed by atoms with Gasteiger partial charge in [-0.3, -0.25) is 14.7 Å². The van der Waals surface area contributed by atoms with Crippen LogP contribution in [0.2, 0.25) is 0 Å². The number of nitro groups is 1. The van der Waals surface area contributed by atoms with E-state index in [1.54, 1.807) is 24.3 Å². The molecule has 5 nitrogen and oxygen atoms in total. The standard InChI is InChI=1S/C20H19N2O3P/c23-22(24)16-20(17-10-4-1-5-11-17)21-26(25,18-12-6-2-7-13-18)19-14-8-3-9-15-19/h1-15,20H,16H2,(H,21,25). The molecule has 3 aromatic carbocycles. The second kappa shape index (κ2) is 8.09. The topological polar surface area (TPSA) is 72.2 Å². The average Bonchev–Trinajstić information content (AvgIpc) is 2.69. The Morgan fingerprint density at radius 2 is 1.23 bits per heavy atom. The predicted molar refractivity (Wildman–Crippen MR) is 104 cm³/mol. The van der Waals surface area contributed by atoms with Crippen LogP contribution in [0.4, 0.5) is 0 Å². The zero-order valence-electron chi connectivity index (χ0n) is 14.1. The molecule has 0 aliphatic carbocycles. The molecule has 0 saturated carbocycles. The summed E-state index contributed by atoms with van der Waals surface area (Å²) in [6.45, 7) is -0.354. The molecule has 1 unspecified atom stereocenters. The summed E-state index contributed by atoms with van der Waals surface area (Å²) in [6.07, 6.45) is 0. The largest absolute Gasteiger partial charge is 0.296 e. The lowest BCUT2D eigenvalue weighted by Crippen LogP contribution is -2.33. The molecule has 0 radical (unpaired) electrons. The number of hydrogen-bond donors (Lipinski definition) is 1. The molecule has 26 heavy (non-hydrogen) atoms. The summed E-state index contributed by atoms with van der Waals surface area (Å²) in [5.41, 5.74) is 0.733. The first-order chi connectivity index (χ1) is 12.6. The van der Waals surface area contributed by atoms with E-state index in [0.29, 0.717) is 10.6 Å². The molecule has 1 atom stereocenters. The minimum absolute atomic E-state index is 0.354. The molecule has 0 fully saturated rings. The molecule has 132 valence electrons. The van der Waals surface area contributed by atoms with Gasteiger partial charge in [-0.2, -0.15) is 0 Å². The molecular weight excluding hydrogens is 347 g/mol. The molecular formula is C20H19N2O3P. The van der Waals surface area contributed by atoms with Crippen LogP contribution in [-0.2, 0) is 4.57 Å². The lowest BCUT2D eigenvalue weighted by molar-refractivity contribution is -0.483. The van der Waals surface area contributed by atoms with Gasteiger partial charge in [-0.25, -0.2) is 5.09 Å². The second-order valence-corrected chi connectivity index (χ2v) is 8.40. The molecule has 0 saturated heterocycles. The van der Waals surface area contributed by atoms with E-state index in [2.05, 4.69) is 5.09 Å². The third-order valence-electron chi connectivity index (χ3n) is 4.11. The van der Waals surface area contributed by atoms with E-state index in [0.717, 1.165) is 5.56 Å². The molecule has 0 aliphatic heterocycles. The van der Waals surface area contributed by atoms with E-state index < -0.39 is 13.3 Å². The summed E-state index contributed by atoms with van der Waals surface area (Å²) in [4.78, 5) is 10.8. The smallest absolute Gasteiger partial charge is 0.223 e. The summed E-state index contributed by atoms with van der Waals surface area (Å²) in [7, 11) is -3.26. The van der Waals surface area contributed by atoms with Crippen LogP contribution in [0.3, 0.4) is 0 Å². The Labute approximate surface area is 152 Å². The predicted octanol–water partition coefficient (Wildman–Crippen LogP) is 3.52. The van der Waals surface area contributed by atoms with Crippen LogP contribution in [-0.4, -0.2) is 11.5 Å². The van der Waals surface area contributed by atoms with E-state index in [-0.39, 0.29) is 11.5 Å². The van der Waals surface area contributed by atoms with Crippen LogP contribution < -0.4 is 15.7 Å². The van der Waals surface area contributed by atoms with Crippen molar-refractivity contribution in [3.8, 4) is 0 Å². The van der Waals surface area contributed by atoms with Crippen LogP contribution in [0.25, 0.3) is 0 Å². The van der Waals surface area contributed by atoms with Gasteiger partial charge in [-0.05, 0) is 29.8 Å². The first-order valence-electron chi connectivity index (χ1n) is 8.25. The molecule has 6 heteroatoms. The van der Waals surface area contributed by atoms with Gasteiger partial charge in [0.1, 0.15) is 6.04 Å². The van der Waals surface area contributed by atoms with Crippen LogP contribution in [0.1, 0.15) is 11.6 Å². The normalized spacial score (nSPS) is 12.5. The maximum Gasteiger partial charge on any atom is 0.223 e. The summed E-state index contributed by atoms with van der Waals surface area (Å²) < 4.78 is 14.0. The van der Waals surface area contributed by atoms with Crippen molar-refractivity contribution in [1.29, 1.82) is 0 Å². The van der Waals surface area contributed by atoms with Gasteiger partial charge in [0.25, 0.3) is 0 Å². The fourth-order valence-corrected chi connectivity index (χ4v) is 5.30. The van der Waals surface area contributed by atoms with Crippen LogP contribution >= 0.6 is 7.29 Å². The van der Waals surface area contributed by atoms with Gasteiger partial charge >= 0.3 is 0 Å². The Balaban J connectivity index is 2.07. The maximum atomic E-state index is 14.0. The van der Waals surface area contributed by atoms with Gasteiger partial charge in [-0.15, -0.1) is 0 Å². The third-order valence-corrected chi connectivity index (χ3v) is 6.84. The fourth-order valence-electron chi connectivity index (χ4n) is 2.85. The monoisotopic (exact) mass is 366 g/mol. The molecule has 1 N–H and O–H groups in total. The first kappa shape index (κ1) is 18.1. The molecule has 0 bridgehead atoms. The van der Waals surface area contributed by atoms with Crippen molar-refractivity contribution in [3.63, 3.8) is 0 Å². The van der Waals surface area contributed by atoms with E-state index in [4.69, 9.17) is 0 Å². The van der Waals surface area contributed by atoms with Crippen LogP contribution in [0.5, 0.6) is 0 Å². The number of nitrogens with one attached hydrogen (secondary N) is 1. The maximum absolute atomic E-state index is 14.0. The minimum atomic E-state index is -3.26. The van der Waals surface area contributed by atoms with E-state index in [1.165, 1.54) is 0 Å². The lowest BCUT2D eigenvalue weighted by Gasteiger charge is -2.25. The SMILES string of the molecule is O=[N+]([O-])CC(NP(=O)(c1ccccc1)c1ccccc1)c1ccccc1. The van der Waals surface area contributed by atoms with Gasteiger partial charge in [0.2, 0.25) is 13.8 Å². The number of hydrogen-bond acceptors (Lipinski definition) is 3. The van der Waals surface area contributed by atoms with Crippen LogP contribution in [0.15, 0.2) is 91.0 Å². The minimum Gasteiger partial charge on any atom is -0.296 e. The van der Waals surface area contributed by atoms with E-state index >= 15 is 0 Å². The van der Waals surface area contributed by atoms with E-state index in [1.807, 2.05) is 66.7 Å². The van der Waals surface area contributed by atoms with Crippen LogP contribution in [0, 0.1) is 10.1 Å². The quantitative estimate of drug-likeness (QED) is 0.394. The third kappa shape index (κ3) is 4.07. The number of nitrogens with zero attached hydrogens (tertiary/aromatic N) is 1. The highest BCUT2D eigenvalue weighted by atomic mass is 31.2. The van der Waals surface area contributed by atoms with Gasteiger partial charge in [-0.1, -0.05) is 66.7 Å². The summed E-state index contributed by atoms with van der Waals surface area (Å²) in [5.74, 6) is 0. The highest BCUT2D eigenvalue weighted by Crippen LogP contribution is 2.41. The second-order valence-electron chi connectivity index (χ2n) is 5.89. The number of rotatable bonds is 7. The van der Waals surface area contributed by atoms with Crippen molar-refractivity contribution in [2.24, 2.45) is 0 Å². The van der Waals surface area contributed by atoms with E-state index in [9.17, 15) is 14.7 Å². The highest BCUT2D eigenvalue weighted by Gasteiger charge is 2.32. The Bertz CT molecular complexity index is 859. The van der Waals surface area contributed by atoms with Crippen molar-refractivity contribution >= 4 is 17.9 Å². The number of benzene rings is 3. The molecule has 0 heterocycles. The highest BCUT2D eigenvalue weighted by molar-refractivity contribution is 7.76. The molecule has 0 amide bonds. The molecule has 0 aromatic heterocycles. The summed E-state index contributed by atoms with van der Waals surface area (Å²) >= 11 is 0. The van der Waals surface area contributed by atoms with Crippen molar-refractivity contribution in [2.45, 2.75) is 6.04 Å². The zero-order chi connectivity index (χ0) is 18.4. The van der Waals surface area contributed by atoms with Gasteiger partial charge in [0.15, 0.2) is 0 Å². The Morgan fingerprint density at radius 1 is 0.808 bits per heavy atom. The molecule has 0 spiro atoms. The van der Waals surface area contributed by atoms with Gasteiger partial charge in [0, 0.05) is 15.5 Å². The zero-order valence-corrected chi connectivity index (χ0v) is 15.0. The molecule has 0 aliphatic rings.